The Labute approximate surface area is 174 Å². The maximum Gasteiger partial charge on any atom is 0.261 e. The third-order valence-electron chi connectivity index (χ3n) is 4.70. The Bertz CT molecular complexity index is 786. The molecule has 1 N–H and O–H groups in total. The van der Waals surface area contributed by atoms with Crippen LogP contribution < -0.4 is 10.1 Å². The van der Waals surface area contributed by atoms with Crippen LogP contribution >= 0.6 is 0 Å². The minimum absolute atomic E-state index is 0.00866. The molecule has 0 saturated carbocycles. The van der Waals surface area contributed by atoms with Crippen molar-refractivity contribution in [2.75, 3.05) is 6.61 Å². The molecule has 2 aromatic rings. The van der Waals surface area contributed by atoms with Crippen molar-refractivity contribution in [3.05, 3.63) is 65.7 Å². The van der Waals surface area contributed by atoms with Gasteiger partial charge in [0, 0.05) is 12.6 Å². The van der Waals surface area contributed by atoms with Gasteiger partial charge in [-0.3, -0.25) is 9.59 Å². The van der Waals surface area contributed by atoms with Crippen LogP contribution in [0.2, 0.25) is 0 Å². The second kappa shape index (κ2) is 10.6. The molecule has 5 nitrogen and oxygen atoms in total. The molecule has 0 heterocycles. The van der Waals surface area contributed by atoms with Crippen LogP contribution in [0.25, 0.3) is 0 Å². The van der Waals surface area contributed by atoms with Crippen LogP contribution in [0.3, 0.4) is 0 Å². The van der Waals surface area contributed by atoms with E-state index in [2.05, 4.69) is 19.2 Å². The summed E-state index contributed by atoms with van der Waals surface area (Å²) < 4.78 is 5.71. The van der Waals surface area contributed by atoms with E-state index in [0.29, 0.717) is 18.2 Å². The van der Waals surface area contributed by atoms with E-state index in [-0.39, 0.29) is 24.5 Å². The average molecular weight is 397 g/mol. The van der Waals surface area contributed by atoms with Crippen LogP contribution in [0, 0.1) is 0 Å². The number of benzene rings is 2. The summed E-state index contributed by atoms with van der Waals surface area (Å²) in [4.78, 5) is 27.0. The predicted molar refractivity (Wildman–Crippen MR) is 116 cm³/mol. The lowest BCUT2D eigenvalue weighted by atomic mass is 10.0. The first-order chi connectivity index (χ1) is 13.8. The molecule has 2 rings (SSSR count). The standard InChI is InChI=1S/C24H32N2O3/c1-17(2)21-11-13-22(14-12-21)29-16-23(27)26(15-20-9-7-6-8-10-20)19(5)24(28)25-18(3)4/h6-14,17-19H,15-16H2,1-5H3,(H,25,28). The maximum atomic E-state index is 12.9. The monoisotopic (exact) mass is 396 g/mol. The number of amides is 2. The van der Waals surface area contributed by atoms with Gasteiger partial charge in [0.2, 0.25) is 5.91 Å². The van der Waals surface area contributed by atoms with Crippen LogP contribution in [0.15, 0.2) is 54.6 Å². The summed E-state index contributed by atoms with van der Waals surface area (Å²) >= 11 is 0. The first-order valence-electron chi connectivity index (χ1n) is 10.1. The summed E-state index contributed by atoms with van der Waals surface area (Å²) in [5, 5.41) is 2.88. The summed E-state index contributed by atoms with van der Waals surface area (Å²) in [6.45, 7) is 10.0. The molecule has 5 heteroatoms. The molecule has 0 bridgehead atoms. The topological polar surface area (TPSA) is 58.6 Å². The van der Waals surface area contributed by atoms with Gasteiger partial charge in [0.25, 0.3) is 5.91 Å². The Morgan fingerprint density at radius 1 is 0.931 bits per heavy atom. The summed E-state index contributed by atoms with van der Waals surface area (Å²) in [6.07, 6.45) is 0. The van der Waals surface area contributed by atoms with Gasteiger partial charge in [-0.15, -0.1) is 0 Å². The molecule has 156 valence electrons. The minimum Gasteiger partial charge on any atom is -0.484 e. The van der Waals surface area contributed by atoms with Crippen LogP contribution in [0.1, 0.15) is 51.7 Å². The van der Waals surface area contributed by atoms with Crippen molar-refractivity contribution in [1.82, 2.24) is 10.2 Å². The van der Waals surface area contributed by atoms with Gasteiger partial charge in [0.05, 0.1) is 0 Å². The van der Waals surface area contributed by atoms with Crippen LogP contribution in [-0.4, -0.2) is 35.4 Å². The zero-order chi connectivity index (χ0) is 21.4. The molecule has 0 radical (unpaired) electrons. The molecule has 2 aromatic carbocycles. The average Bonchev–Trinajstić information content (AvgIpc) is 2.70. The summed E-state index contributed by atoms with van der Waals surface area (Å²) in [5.41, 5.74) is 2.18. The van der Waals surface area contributed by atoms with Crippen molar-refractivity contribution < 1.29 is 14.3 Å². The molecular formula is C24H32N2O3. The number of nitrogens with zero attached hydrogens (tertiary/aromatic N) is 1. The highest BCUT2D eigenvalue weighted by molar-refractivity contribution is 5.88. The molecule has 0 fully saturated rings. The van der Waals surface area contributed by atoms with Crippen molar-refractivity contribution >= 4 is 11.8 Å². The zero-order valence-corrected chi connectivity index (χ0v) is 18.0. The molecule has 0 aromatic heterocycles. The Hall–Kier alpha value is -2.82. The quantitative estimate of drug-likeness (QED) is 0.693. The van der Waals surface area contributed by atoms with Crippen LogP contribution in [0.4, 0.5) is 0 Å². The van der Waals surface area contributed by atoms with Crippen molar-refractivity contribution in [2.24, 2.45) is 0 Å². The maximum absolute atomic E-state index is 12.9. The Balaban J connectivity index is 2.09. The Morgan fingerprint density at radius 2 is 1.55 bits per heavy atom. The van der Waals surface area contributed by atoms with Gasteiger partial charge in [0.15, 0.2) is 6.61 Å². The molecule has 0 aliphatic carbocycles. The van der Waals surface area contributed by atoms with Gasteiger partial charge >= 0.3 is 0 Å². The highest BCUT2D eigenvalue weighted by atomic mass is 16.5. The fourth-order valence-electron chi connectivity index (χ4n) is 2.94. The van der Waals surface area contributed by atoms with E-state index in [1.165, 1.54) is 5.56 Å². The van der Waals surface area contributed by atoms with Crippen molar-refractivity contribution in [2.45, 2.75) is 59.2 Å². The highest BCUT2D eigenvalue weighted by Crippen LogP contribution is 2.19. The number of nitrogens with one attached hydrogen (secondary N) is 1. The van der Waals surface area contributed by atoms with Gasteiger partial charge in [-0.2, -0.15) is 0 Å². The molecule has 0 saturated heterocycles. The van der Waals surface area contributed by atoms with E-state index < -0.39 is 6.04 Å². The number of hydrogen-bond acceptors (Lipinski definition) is 3. The van der Waals surface area contributed by atoms with E-state index in [4.69, 9.17) is 4.74 Å². The van der Waals surface area contributed by atoms with Crippen LogP contribution in [0.5, 0.6) is 5.75 Å². The fraction of sp³-hybridized carbons (Fsp3) is 0.417. The molecule has 1 atom stereocenters. The molecular weight excluding hydrogens is 364 g/mol. The number of carbonyl (C=O) groups excluding carboxylic acids is 2. The molecule has 1 unspecified atom stereocenters. The first-order valence-corrected chi connectivity index (χ1v) is 10.1. The van der Waals surface area contributed by atoms with E-state index in [1.54, 1.807) is 11.8 Å². The number of carbonyl (C=O) groups is 2. The van der Waals surface area contributed by atoms with Gasteiger partial charge < -0.3 is 15.0 Å². The van der Waals surface area contributed by atoms with E-state index in [0.717, 1.165) is 5.56 Å². The zero-order valence-electron chi connectivity index (χ0n) is 18.0. The summed E-state index contributed by atoms with van der Waals surface area (Å²) in [6, 6.07) is 16.8. The van der Waals surface area contributed by atoms with Gasteiger partial charge in [-0.05, 0) is 49.9 Å². The number of hydrogen-bond donors (Lipinski definition) is 1. The van der Waals surface area contributed by atoms with Gasteiger partial charge in [-0.1, -0.05) is 56.3 Å². The summed E-state index contributed by atoms with van der Waals surface area (Å²) in [7, 11) is 0. The van der Waals surface area contributed by atoms with Gasteiger partial charge in [-0.25, -0.2) is 0 Å². The van der Waals surface area contributed by atoms with Crippen molar-refractivity contribution in [3.8, 4) is 5.75 Å². The van der Waals surface area contributed by atoms with E-state index in [9.17, 15) is 9.59 Å². The third-order valence-corrected chi connectivity index (χ3v) is 4.70. The second-order valence-electron chi connectivity index (χ2n) is 7.86. The molecule has 0 aliphatic rings. The molecule has 29 heavy (non-hydrogen) atoms. The molecule has 0 aliphatic heterocycles. The number of ether oxygens (including phenoxy) is 1. The van der Waals surface area contributed by atoms with E-state index in [1.807, 2.05) is 68.4 Å². The SMILES string of the molecule is CC(C)NC(=O)C(C)N(Cc1ccccc1)C(=O)COc1ccc(C(C)C)cc1. The van der Waals surface area contributed by atoms with Gasteiger partial charge in [0.1, 0.15) is 11.8 Å². The molecule has 2 amide bonds. The second-order valence-corrected chi connectivity index (χ2v) is 7.86. The lowest BCUT2D eigenvalue weighted by molar-refractivity contribution is -0.142. The lowest BCUT2D eigenvalue weighted by Crippen LogP contribution is -2.50. The van der Waals surface area contributed by atoms with Crippen LogP contribution in [-0.2, 0) is 16.1 Å². The number of rotatable bonds is 9. The minimum atomic E-state index is -0.600. The smallest absolute Gasteiger partial charge is 0.261 e. The summed E-state index contributed by atoms with van der Waals surface area (Å²) in [5.74, 6) is 0.674. The van der Waals surface area contributed by atoms with Crippen molar-refractivity contribution in [3.63, 3.8) is 0 Å². The van der Waals surface area contributed by atoms with Crippen molar-refractivity contribution in [1.29, 1.82) is 0 Å². The largest absolute Gasteiger partial charge is 0.484 e. The third kappa shape index (κ3) is 6.93. The Kier molecular flexibility index (Phi) is 8.25. The first kappa shape index (κ1) is 22.5. The Morgan fingerprint density at radius 3 is 2.10 bits per heavy atom. The highest BCUT2D eigenvalue weighted by Gasteiger charge is 2.26. The molecule has 0 spiro atoms. The normalized spacial score (nSPS) is 12.0. The lowest BCUT2D eigenvalue weighted by Gasteiger charge is -2.29. The predicted octanol–water partition coefficient (Wildman–Crippen LogP) is 4.13. The fourth-order valence-corrected chi connectivity index (χ4v) is 2.94. The van der Waals surface area contributed by atoms with E-state index >= 15 is 0 Å².